The van der Waals surface area contributed by atoms with E-state index in [0.717, 1.165) is 5.69 Å². The molecule has 1 rings (SSSR count). The number of hydrogen-bond donors (Lipinski definition) is 5. The van der Waals surface area contributed by atoms with Crippen LogP contribution in [0.25, 0.3) is 0 Å². The molecule has 0 radical (unpaired) electrons. The molecule has 0 atom stereocenters. The number of guanidine groups is 2. The van der Waals surface area contributed by atoms with Gasteiger partial charge in [-0.25, -0.2) is 0 Å². The lowest BCUT2D eigenvalue weighted by Gasteiger charge is -1.85. The smallest absolute Gasteiger partial charge is 0.270 e. The zero-order chi connectivity index (χ0) is 13.4. The summed E-state index contributed by atoms with van der Waals surface area (Å²) >= 11 is 0. The Labute approximate surface area is 127 Å². The molecular formula is C9H16Cl2N9+. The van der Waals surface area contributed by atoms with Crippen molar-refractivity contribution < 1.29 is 22.5 Å². The second-order valence-corrected chi connectivity index (χ2v) is 3.14. The molecule has 10 N–H and O–H groups in total. The molecule has 11 heteroatoms. The van der Waals surface area contributed by atoms with Gasteiger partial charge in [0.15, 0.2) is 0 Å². The van der Waals surface area contributed by atoms with Crippen LogP contribution in [0.1, 0.15) is 11.4 Å². The minimum absolute atomic E-state index is 0. The lowest BCUT2D eigenvalue weighted by atomic mass is 10.3. The van der Waals surface area contributed by atoms with E-state index in [-0.39, 0.29) is 36.7 Å². The molecule has 0 aliphatic heterocycles. The summed E-state index contributed by atoms with van der Waals surface area (Å²) in [6, 6.07) is 5.42. The maximum absolute atomic E-state index is 5.16. The minimum Gasteiger partial charge on any atom is -1.00 e. The highest BCUT2D eigenvalue weighted by Gasteiger charge is 2.03. The van der Waals surface area contributed by atoms with Crippen molar-refractivity contribution in [3.63, 3.8) is 0 Å². The van der Waals surface area contributed by atoms with Crippen LogP contribution in [0.5, 0.6) is 0 Å². The summed E-state index contributed by atoms with van der Waals surface area (Å²) in [6.45, 7) is 0. The first kappa shape index (κ1) is 19.9. The third kappa shape index (κ3) is 8.66. The summed E-state index contributed by atoms with van der Waals surface area (Å²) in [7, 11) is 0. The van der Waals surface area contributed by atoms with Crippen molar-refractivity contribution in [1.82, 2.24) is 0 Å². The van der Waals surface area contributed by atoms with Crippen molar-refractivity contribution in [3.05, 3.63) is 29.6 Å². The van der Waals surface area contributed by atoms with E-state index in [1.54, 1.807) is 12.3 Å². The quantitative estimate of drug-likeness (QED) is 0.211. The van der Waals surface area contributed by atoms with Gasteiger partial charge in [0, 0.05) is 17.2 Å². The second kappa shape index (κ2) is 10.5. The Balaban J connectivity index is 0. The molecule has 1 aromatic rings. The molecule has 0 aliphatic rings. The molecular weight excluding hydrogens is 305 g/mol. The maximum atomic E-state index is 5.16. The number of aromatic amines is 1. The molecule has 0 saturated heterocycles. The van der Waals surface area contributed by atoms with Crippen LogP contribution >= 0.6 is 12.4 Å². The van der Waals surface area contributed by atoms with Crippen LogP contribution in [-0.4, -0.2) is 24.3 Å². The van der Waals surface area contributed by atoms with Crippen LogP contribution in [0.3, 0.4) is 0 Å². The standard InChI is InChI=1S/C9H13N9.2ClH/c10-8(11)17-14-4-6-2-1-3-7(16-6)5-15-18-9(12)13;;/h1-5H,(H4,10,11,17)(H4,12,13,18);2*1H/p+1/b14-4+,15-5+;;. The fraction of sp³-hybridized carbons (Fsp3) is 0. The molecule has 0 aromatic carbocycles. The predicted molar refractivity (Wildman–Crippen MR) is 75.6 cm³/mol. The Morgan fingerprint density at radius 2 is 1.75 bits per heavy atom. The number of H-pyrrole nitrogens is 1. The van der Waals surface area contributed by atoms with E-state index in [1.165, 1.54) is 6.21 Å². The van der Waals surface area contributed by atoms with Gasteiger partial charge in [-0.1, -0.05) is 5.10 Å². The number of nitrogens with zero attached hydrogens (tertiary/aromatic N) is 3. The van der Waals surface area contributed by atoms with Gasteiger partial charge in [0.25, 0.3) is 17.9 Å². The summed E-state index contributed by atoms with van der Waals surface area (Å²) in [6.07, 6.45) is 3.05. The normalized spacial score (nSPS) is 9.60. The first-order valence-electron chi connectivity index (χ1n) is 4.89. The number of pyridine rings is 1. The van der Waals surface area contributed by atoms with Crippen LogP contribution in [0.2, 0.25) is 0 Å². The molecule has 0 aliphatic carbocycles. The van der Waals surface area contributed by atoms with Crippen molar-refractivity contribution in [2.75, 3.05) is 0 Å². The maximum Gasteiger partial charge on any atom is 0.270 e. The van der Waals surface area contributed by atoms with Crippen LogP contribution in [0, 0.1) is 0 Å². The number of halogens is 2. The van der Waals surface area contributed by atoms with E-state index in [9.17, 15) is 0 Å². The van der Waals surface area contributed by atoms with Crippen molar-refractivity contribution in [1.29, 1.82) is 0 Å². The Kier molecular flexibility index (Phi) is 10.5. The molecule has 1 aromatic heterocycles. The monoisotopic (exact) mass is 320 g/mol. The van der Waals surface area contributed by atoms with E-state index < -0.39 is 0 Å². The zero-order valence-corrected chi connectivity index (χ0v) is 11.9. The molecule has 0 unspecified atom stereocenters. The molecule has 0 fully saturated rings. The van der Waals surface area contributed by atoms with E-state index in [2.05, 4.69) is 25.4 Å². The summed E-state index contributed by atoms with van der Waals surface area (Å²) in [4.78, 5) is 3.02. The van der Waals surface area contributed by atoms with Gasteiger partial charge < -0.3 is 35.3 Å². The predicted octanol–water partition coefficient (Wildman–Crippen LogP) is -6.78. The zero-order valence-electron chi connectivity index (χ0n) is 10.3. The molecule has 20 heavy (non-hydrogen) atoms. The number of nitrogens with one attached hydrogen (secondary N) is 2. The van der Waals surface area contributed by atoms with Gasteiger partial charge in [0.1, 0.15) is 6.21 Å². The van der Waals surface area contributed by atoms with Crippen molar-refractivity contribution >= 4 is 36.8 Å². The molecule has 0 spiro atoms. The average molecular weight is 321 g/mol. The van der Waals surface area contributed by atoms with Crippen LogP contribution < -0.4 is 45.4 Å². The number of rotatable bonds is 4. The summed E-state index contributed by atoms with van der Waals surface area (Å²) < 4.78 is 0. The number of aromatic nitrogens is 1. The van der Waals surface area contributed by atoms with Crippen molar-refractivity contribution in [3.8, 4) is 0 Å². The molecule has 110 valence electrons. The first-order valence-corrected chi connectivity index (χ1v) is 4.89. The SMILES string of the molecule is Cl.NC(N)=N/N=C/c1cccc(/C=[NH+]/N=C(N)N)[nH+]1.[Cl-]. The third-order valence-corrected chi connectivity index (χ3v) is 1.62. The Morgan fingerprint density at radius 3 is 2.35 bits per heavy atom. The average Bonchev–Trinajstić information content (AvgIpc) is 2.28. The topological polar surface area (TPSA) is 169 Å². The fourth-order valence-electron chi connectivity index (χ4n) is 0.999. The van der Waals surface area contributed by atoms with E-state index in [1.807, 2.05) is 12.1 Å². The lowest BCUT2D eigenvalue weighted by Crippen LogP contribution is -3.00. The van der Waals surface area contributed by atoms with Crippen molar-refractivity contribution in [2.45, 2.75) is 0 Å². The van der Waals surface area contributed by atoms with E-state index >= 15 is 0 Å². The molecule has 0 saturated carbocycles. The number of hydrogen-bond acceptors (Lipinski definition) is 3. The Morgan fingerprint density at radius 1 is 1.10 bits per heavy atom. The van der Waals surface area contributed by atoms with Gasteiger partial charge in [-0.2, -0.15) is 4.98 Å². The summed E-state index contributed by atoms with van der Waals surface area (Å²) in [5.41, 5.74) is 22.0. The highest BCUT2D eigenvalue weighted by Crippen LogP contribution is 1.87. The van der Waals surface area contributed by atoms with Gasteiger partial charge in [0.2, 0.25) is 11.7 Å². The minimum atomic E-state index is -0.108. The van der Waals surface area contributed by atoms with Gasteiger partial charge in [-0.05, 0) is 6.07 Å². The van der Waals surface area contributed by atoms with E-state index in [4.69, 9.17) is 22.9 Å². The largest absolute Gasteiger partial charge is 1.00 e. The number of nitrogens with two attached hydrogens (primary N) is 4. The Bertz CT molecular complexity index is 473. The third-order valence-electron chi connectivity index (χ3n) is 1.62. The summed E-state index contributed by atoms with van der Waals surface area (Å²) in [5, 5.41) is 13.3. The van der Waals surface area contributed by atoms with Gasteiger partial charge in [-0.3, -0.25) is 0 Å². The van der Waals surface area contributed by atoms with Crippen molar-refractivity contribution in [2.24, 2.45) is 38.2 Å². The Hall–Kier alpha value is -2.39. The van der Waals surface area contributed by atoms with Crippen LogP contribution in [0.15, 0.2) is 33.5 Å². The molecule has 0 bridgehead atoms. The second-order valence-electron chi connectivity index (χ2n) is 3.14. The highest BCUT2D eigenvalue weighted by molar-refractivity contribution is 5.85. The molecule has 0 amide bonds. The fourth-order valence-corrected chi connectivity index (χ4v) is 0.999. The van der Waals surface area contributed by atoms with E-state index in [0.29, 0.717) is 5.69 Å². The highest BCUT2D eigenvalue weighted by atomic mass is 35.5. The van der Waals surface area contributed by atoms with Crippen LogP contribution in [0.4, 0.5) is 0 Å². The van der Waals surface area contributed by atoms with Gasteiger partial charge >= 0.3 is 0 Å². The lowest BCUT2D eigenvalue weighted by molar-refractivity contribution is -0.464. The summed E-state index contributed by atoms with van der Waals surface area (Å²) in [5.74, 6) is -0.167. The molecule has 9 nitrogen and oxygen atoms in total. The number of hydrazone groups is 1. The van der Waals surface area contributed by atoms with Gasteiger partial charge in [0.05, 0.1) is 0 Å². The first-order chi connectivity index (χ1) is 8.58. The van der Waals surface area contributed by atoms with Gasteiger partial charge in [-0.15, -0.1) is 22.6 Å². The molecule has 1 heterocycles. The van der Waals surface area contributed by atoms with Crippen LogP contribution in [-0.2, 0) is 0 Å².